The summed E-state index contributed by atoms with van der Waals surface area (Å²) >= 11 is 0. The molecule has 0 bridgehead atoms. The van der Waals surface area contributed by atoms with Crippen molar-refractivity contribution in [3.8, 4) is 0 Å². The molecular formula is C10H22O2. The van der Waals surface area contributed by atoms with Gasteiger partial charge in [-0.25, -0.2) is 0 Å². The molecule has 0 aliphatic carbocycles. The largest absolute Gasteiger partial charge is 0.393 e. The Bertz CT molecular complexity index is 94.0. The Morgan fingerprint density at radius 3 is 1.67 bits per heavy atom. The predicted molar refractivity (Wildman–Crippen MR) is 51.1 cm³/mol. The topological polar surface area (TPSA) is 40.5 Å². The zero-order valence-electron chi connectivity index (χ0n) is 8.34. The summed E-state index contributed by atoms with van der Waals surface area (Å²) in [5, 5.41) is 18.8. The number of aliphatic hydroxyl groups excluding tert-OH is 1. The first kappa shape index (κ1) is 11.9. The summed E-state index contributed by atoms with van der Waals surface area (Å²) in [5.74, 6) is 0. The van der Waals surface area contributed by atoms with E-state index in [1.807, 2.05) is 0 Å². The van der Waals surface area contributed by atoms with Crippen LogP contribution in [0.25, 0.3) is 0 Å². The minimum absolute atomic E-state index is 0.0903. The Labute approximate surface area is 75.6 Å². The smallest absolute Gasteiger partial charge is 0.0877 e. The molecule has 0 spiro atoms. The average molecular weight is 174 g/mol. The lowest BCUT2D eigenvalue weighted by Crippen LogP contribution is -2.32. The minimum Gasteiger partial charge on any atom is -0.393 e. The predicted octanol–water partition coefficient (Wildman–Crippen LogP) is 2.09. The Balaban J connectivity index is 3.70. The summed E-state index contributed by atoms with van der Waals surface area (Å²) in [7, 11) is 0. The van der Waals surface area contributed by atoms with E-state index in [9.17, 15) is 5.11 Å². The van der Waals surface area contributed by atoms with Crippen molar-refractivity contribution in [3.63, 3.8) is 0 Å². The summed E-state index contributed by atoms with van der Waals surface area (Å²) in [6, 6.07) is 0. The Kier molecular flexibility index (Phi) is 6.39. The molecule has 0 aliphatic rings. The van der Waals surface area contributed by atoms with Crippen LogP contribution in [0.4, 0.5) is 0 Å². The van der Waals surface area contributed by atoms with Gasteiger partial charge >= 0.3 is 0 Å². The molecule has 0 aromatic rings. The molecule has 0 saturated carbocycles. The number of hydrogen-bond donors (Lipinski definition) is 2. The number of unbranched alkanes of at least 4 members (excludes halogenated alkanes) is 2. The van der Waals surface area contributed by atoms with Gasteiger partial charge in [-0.1, -0.05) is 39.5 Å². The first-order chi connectivity index (χ1) is 5.68. The van der Waals surface area contributed by atoms with E-state index in [1.54, 1.807) is 0 Å². The molecule has 0 radical (unpaired) electrons. The second-order valence-corrected chi connectivity index (χ2v) is 3.59. The molecule has 12 heavy (non-hydrogen) atoms. The van der Waals surface area contributed by atoms with Gasteiger partial charge < -0.3 is 10.2 Å². The van der Waals surface area contributed by atoms with Crippen LogP contribution in [0, 0.1) is 0 Å². The summed E-state index contributed by atoms with van der Waals surface area (Å²) in [4.78, 5) is 0. The molecule has 2 heteroatoms. The van der Waals surface area contributed by atoms with Gasteiger partial charge in [0.15, 0.2) is 0 Å². The van der Waals surface area contributed by atoms with E-state index in [1.165, 1.54) is 0 Å². The maximum Gasteiger partial charge on any atom is 0.0877 e. The van der Waals surface area contributed by atoms with Crippen molar-refractivity contribution in [3.05, 3.63) is 0 Å². The van der Waals surface area contributed by atoms with E-state index in [4.69, 9.17) is 5.11 Å². The van der Waals surface area contributed by atoms with Crippen LogP contribution in [0.3, 0.4) is 0 Å². The van der Waals surface area contributed by atoms with Gasteiger partial charge in [-0.15, -0.1) is 0 Å². The SMILES string of the molecule is CCCCC(O)(CO)CCCC. The van der Waals surface area contributed by atoms with Crippen molar-refractivity contribution in [2.45, 2.75) is 58.0 Å². The number of rotatable bonds is 7. The molecule has 0 rings (SSSR count). The van der Waals surface area contributed by atoms with Gasteiger partial charge in [0.25, 0.3) is 0 Å². The maximum absolute atomic E-state index is 9.83. The van der Waals surface area contributed by atoms with Gasteiger partial charge in [0.2, 0.25) is 0 Å². The Morgan fingerprint density at radius 1 is 1.00 bits per heavy atom. The van der Waals surface area contributed by atoms with Crippen molar-refractivity contribution in [2.75, 3.05) is 6.61 Å². The van der Waals surface area contributed by atoms with Crippen molar-refractivity contribution in [1.29, 1.82) is 0 Å². The van der Waals surface area contributed by atoms with Gasteiger partial charge in [-0.2, -0.15) is 0 Å². The summed E-state index contributed by atoms with van der Waals surface area (Å²) in [6.45, 7) is 4.10. The van der Waals surface area contributed by atoms with Crippen LogP contribution in [0.1, 0.15) is 52.4 Å². The van der Waals surface area contributed by atoms with E-state index in [-0.39, 0.29) is 6.61 Å². The van der Waals surface area contributed by atoms with Crippen molar-refractivity contribution < 1.29 is 10.2 Å². The third-order valence-corrected chi connectivity index (χ3v) is 2.29. The van der Waals surface area contributed by atoms with Crippen molar-refractivity contribution >= 4 is 0 Å². The lowest BCUT2D eigenvalue weighted by Gasteiger charge is -2.25. The van der Waals surface area contributed by atoms with Crippen LogP contribution < -0.4 is 0 Å². The third-order valence-electron chi connectivity index (χ3n) is 2.29. The van der Waals surface area contributed by atoms with Crippen LogP contribution in [0.15, 0.2) is 0 Å². The second-order valence-electron chi connectivity index (χ2n) is 3.59. The molecule has 0 fully saturated rings. The quantitative estimate of drug-likeness (QED) is 0.620. The Hall–Kier alpha value is -0.0800. The van der Waals surface area contributed by atoms with Gasteiger partial charge in [0, 0.05) is 0 Å². The highest BCUT2D eigenvalue weighted by Crippen LogP contribution is 2.20. The molecule has 0 aliphatic heterocycles. The molecule has 0 atom stereocenters. The van der Waals surface area contributed by atoms with Crippen molar-refractivity contribution in [1.82, 2.24) is 0 Å². The van der Waals surface area contributed by atoms with Crippen molar-refractivity contribution in [2.24, 2.45) is 0 Å². The summed E-state index contributed by atoms with van der Waals surface area (Å²) in [6.07, 6.45) is 5.63. The van der Waals surface area contributed by atoms with E-state index in [0.717, 1.165) is 38.5 Å². The average Bonchev–Trinajstić information content (AvgIpc) is 2.11. The molecule has 0 aromatic carbocycles. The number of hydrogen-bond acceptors (Lipinski definition) is 2. The fourth-order valence-electron chi connectivity index (χ4n) is 1.29. The zero-order valence-corrected chi connectivity index (χ0v) is 8.34. The van der Waals surface area contributed by atoms with Gasteiger partial charge in [0.1, 0.15) is 0 Å². The van der Waals surface area contributed by atoms with E-state index < -0.39 is 5.60 Å². The molecule has 0 saturated heterocycles. The van der Waals surface area contributed by atoms with E-state index in [2.05, 4.69) is 13.8 Å². The van der Waals surface area contributed by atoms with Gasteiger partial charge in [-0.05, 0) is 12.8 Å². The summed E-state index contributed by atoms with van der Waals surface area (Å²) < 4.78 is 0. The highest BCUT2D eigenvalue weighted by molar-refractivity contribution is 4.76. The lowest BCUT2D eigenvalue weighted by atomic mass is 9.92. The molecule has 0 amide bonds. The van der Waals surface area contributed by atoms with E-state index in [0.29, 0.717) is 0 Å². The molecular weight excluding hydrogens is 152 g/mol. The first-order valence-corrected chi connectivity index (χ1v) is 5.01. The fourth-order valence-corrected chi connectivity index (χ4v) is 1.29. The molecule has 0 unspecified atom stereocenters. The van der Waals surface area contributed by atoms with Crippen LogP contribution in [0.2, 0.25) is 0 Å². The van der Waals surface area contributed by atoms with Gasteiger partial charge in [-0.3, -0.25) is 0 Å². The fraction of sp³-hybridized carbons (Fsp3) is 1.00. The normalized spacial score (nSPS) is 12.0. The van der Waals surface area contributed by atoms with Crippen LogP contribution in [-0.4, -0.2) is 22.4 Å². The van der Waals surface area contributed by atoms with Crippen LogP contribution in [0.5, 0.6) is 0 Å². The monoisotopic (exact) mass is 174 g/mol. The first-order valence-electron chi connectivity index (χ1n) is 5.01. The molecule has 2 nitrogen and oxygen atoms in total. The highest BCUT2D eigenvalue weighted by Gasteiger charge is 2.23. The molecule has 74 valence electrons. The Morgan fingerprint density at radius 2 is 1.42 bits per heavy atom. The molecule has 0 aromatic heterocycles. The maximum atomic E-state index is 9.83. The van der Waals surface area contributed by atoms with E-state index >= 15 is 0 Å². The lowest BCUT2D eigenvalue weighted by molar-refractivity contribution is -0.0308. The standard InChI is InChI=1S/C10H22O2/c1-3-5-7-10(12,9-11)8-6-4-2/h11-12H,3-9H2,1-2H3. The van der Waals surface area contributed by atoms with Crippen LogP contribution in [-0.2, 0) is 0 Å². The number of aliphatic hydroxyl groups is 2. The summed E-state index contributed by atoms with van der Waals surface area (Å²) in [5.41, 5.74) is -0.800. The minimum atomic E-state index is -0.800. The van der Waals surface area contributed by atoms with Crippen LogP contribution >= 0.6 is 0 Å². The van der Waals surface area contributed by atoms with Gasteiger partial charge in [0.05, 0.1) is 12.2 Å². The second kappa shape index (κ2) is 6.44. The zero-order chi connectivity index (χ0) is 9.45. The highest BCUT2D eigenvalue weighted by atomic mass is 16.3. The molecule has 0 heterocycles. The molecule has 2 N–H and O–H groups in total. The third kappa shape index (κ3) is 4.73.